The SMILES string of the molecule is CCC(=O)Oc1ccccc1[C@@H]1OC[C@H]2[C@H](C)[C@@H]1C(C)=C[C@H]2C. The molecule has 1 saturated heterocycles. The highest BCUT2D eigenvalue weighted by molar-refractivity contribution is 5.72. The van der Waals surface area contributed by atoms with E-state index in [1.165, 1.54) is 5.57 Å². The zero-order chi connectivity index (χ0) is 16.6. The van der Waals surface area contributed by atoms with Gasteiger partial charge in [0.25, 0.3) is 0 Å². The van der Waals surface area contributed by atoms with Gasteiger partial charge in [-0.2, -0.15) is 0 Å². The smallest absolute Gasteiger partial charge is 0.310 e. The first-order valence-electron chi connectivity index (χ1n) is 8.62. The number of allylic oxidation sites excluding steroid dienone is 1. The van der Waals surface area contributed by atoms with Crippen molar-refractivity contribution in [2.24, 2.45) is 23.7 Å². The summed E-state index contributed by atoms with van der Waals surface area (Å²) in [6.07, 6.45) is 2.73. The monoisotopic (exact) mass is 314 g/mol. The minimum absolute atomic E-state index is 0.0362. The summed E-state index contributed by atoms with van der Waals surface area (Å²) in [6, 6.07) is 7.79. The van der Waals surface area contributed by atoms with E-state index in [2.05, 4.69) is 26.8 Å². The van der Waals surface area contributed by atoms with Gasteiger partial charge in [-0.15, -0.1) is 0 Å². The Labute approximate surface area is 138 Å². The predicted molar refractivity (Wildman–Crippen MR) is 90.1 cm³/mol. The molecule has 0 unspecified atom stereocenters. The van der Waals surface area contributed by atoms with E-state index in [9.17, 15) is 4.79 Å². The molecule has 0 amide bonds. The second-order valence-electron chi connectivity index (χ2n) is 6.94. The van der Waals surface area contributed by atoms with Crippen LogP contribution in [0.15, 0.2) is 35.9 Å². The molecule has 0 N–H and O–H groups in total. The van der Waals surface area contributed by atoms with Gasteiger partial charge in [0, 0.05) is 17.9 Å². The summed E-state index contributed by atoms with van der Waals surface area (Å²) >= 11 is 0. The molecule has 1 aliphatic heterocycles. The van der Waals surface area contributed by atoms with Crippen LogP contribution in [-0.2, 0) is 9.53 Å². The predicted octanol–water partition coefficient (Wildman–Crippen LogP) is 4.54. The number of para-hydroxylation sites is 1. The first-order chi connectivity index (χ1) is 11.0. The van der Waals surface area contributed by atoms with Gasteiger partial charge in [0.2, 0.25) is 0 Å². The van der Waals surface area contributed by atoms with Crippen LogP contribution in [0.25, 0.3) is 0 Å². The molecule has 1 aromatic carbocycles. The zero-order valence-electron chi connectivity index (χ0n) is 14.4. The van der Waals surface area contributed by atoms with Gasteiger partial charge >= 0.3 is 5.97 Å². The number of rotatable bonds is 3. The summed E-state index contributed by atoms with van der Waals surface area (Å²) in [5, 5.41) is 0. The topological polar surface area (TPSA) is 35.5 Å². The third-order valence-corrected chi connectivity index (χ3v) is 5.50. The van der Waals surface area contributed by atoms with E-state index in [1.807, 2.05) is 31.2 Å². The second kappa shape index (κ2) is 6.48. The van der Waals surface area contributed by atoms with Gasteiger partial charge in [0.1, 0.15) is 5.75 Å². The van der Waals surface area contributed by atoms with E-state index in [1.54, 1.807) is 0 Å². The van der Waals surface area contributed by atoms with E-state index >= 15 is 0 Å². The molecule has 3 heteroatoms. The number of fused-ring (bicyclic) bond motifs is 2. The summed E-state index contributed by atoms with van der Waals surface area (Å²) in [6.45, 7) is 9.39. The molecular weight excluding hydrogens is 288 g/mol. The summed E-state index contributed by atoms with van der Waals surface area (Å²) < 4.78 is 11.8. The summed E-state index contributed by atoms with van der Waals surface area (Å²) in [5.74, 6) is 2.50. The van der Waals surface area contributed by atoms with Gasteiger partial charge in [-0.05, 0) is 30.7 Å². The van der Waals surface area contributed by atoms with Crippen molar-refractivity contribution in [2.45, 2.75) is 40.2 Å². The molecule has 0 aromatic heterocycles. The molecule has 0 saturated carbocycles. The maximum atomic E-state index is 11.7. The maximum absolute atomic E-state index is 11.7. The Morgan fingerprint density at radius 2 is 2.04 bits per heavy atom. The molecule has 2 aliphatic rings. The van der Waals surface area contributed by atoms with Crippen molar-refractivity contribution in [3.05, 3.63) is 41.5 Å². The van der Waals surface area contributed by atoms with E-state index in [4.69, 9.17) is 9.47 Å². The summed E-state index contributed by atoms with van der Waals surface area (Å²) in [5.41, 5.74) is 2.38. The minimum atomic E-state index is -0.205. The Hall–Kier alpha value is -1.61. The summed E-state index contributed by atoms with van der Waals surface area (Å²) in [7, 11) is 0. The van der Waals surface area contributed by atoms with Crippen LogP contribution in [0.3, 0.4) is 0 Å². The van der Waals surface area contributed by atoms with Crippen molar-refractivity contribution < 1.29 is 14.3 Å². The number of benzene rings is 1. The van der Waals surface area contributed by atoms with E-state index < -0.39 is 0 Å². The normalized spacial score (nSPS) is 33.0. The maximum Gasteiger partial charge on any atom is 0.310 e. The zero-order valence-corrected chi connectivity index (χ0v) is 14.4. The Kier molecular flexibility index (Phi) is 4.58. The highest BCUT2D eigenvalue weighted by Crippen LogP contribution is 2.50. The lowest BCUT2D eigenvalue weighted by atomic mass is 9.64. The quantitative estimate of drug-likeness (QED) is 0.467. The second-order valence-corrected chi connectivity index (χ2v) is 6.94. The third-order valence-electron chi connectivity index (χ3n) is 5.50. The van der Waals surface area contributed by atoms with Gasteiger partial charge in [0.15, 0.2) is 0 Å². The van der Waals surface area contributed by atoms with E-state index in [-0.39, 0.29) is 12.1 Å². The third kappa shape index (κ3) is 2.94. The highest BCUT2D eigenvalue weighted by Gasteiger charge is 2.44. The fraction of sp³-hybridized carbons (Fsp3) is 0.550. The fourth-order valence-corrected chi connectivity index (χ4v) is 4.23. The van der Waals surface area contributed by atoms with Crippen molar-refractivity contribution in [1.82, 2.24) is 0 Å². The van der Waals surface area contributed by atoms with Crippen molar-refractivity contribution in [2.75, 3.05) is 6.61 Å². The number of ether oxygens (including phenoxy) is 2. The lowest BCUT2D eigenvalue weighted by Crippen LogP contribution is -2.42. The molecule has 1 heterocycles. The van der Waals surface area contributed by atoms with Crippen LogP contribution in [0.1, 0.15) is 45.8 Å². The minimum Gasteiger partial charge on any atom is -0.426 e. The molecule has 1 aliphatic carbocycles. The molecule has 3 rings (SSSR count). The largest absolute Gasteiger partial charge is 0.426 e. The molecule has 3 nitrogen and oxygen atoms in total. The van der Waals surface area contributed by atoms with Gasteiger partial charge < -0.3 is 9.47 Å². The molecule has 1 aromatic rings. The Morgan fingerprint density at radius 1 is 1.30 bits per heavy atom. The number of esters is 1. The van der Waals surface area contributed by atoms with Crippen molar-refractivity contribution in [3.8, 4) is 5.75 Å². The molecule has 5 atom stereocenters. The lowest BCUT2D eigenvalue weighted by Gasteiger charge is -2.47. The number of carbonyl (C=O) groups excluding carboxylic acids is 1. The molecule has 2 bridgehead atoms. The summed E-state index contributed by atoms with van der Waals surface area (Å²) in [4.78, 5) is 11.7. The Balaban J connectivity index is 1.96. The molecule has 0 radical (unpaired) electrons. The van der Waals surface area contributed by atoms with Crippen LogP contribution in [0.5, 0.6) is 5.75 Å². The average Bonchev–Trinajstić information content (AvgIpc) is 2.53. The molecule has 124 valence electrons. The van der Waals surface area contributed by atoms with Crippen LogP contribution in [0.2, 0.25) is 0 Å². The van der Waals surface area contributed by atoms with Crippen molar-refractivity contribution in [3.63, 3.8) is 0 Å². The number of carbonyl (C=O) groups is 1. The Bertz CT molecular complexity index is 619. The molecular formula is C20H26O3. The average molecular weight is 314 g/mol. The standard InChI is InChI=1S/C20H26O3/c1-5-18(21)23-17-9-7-6-8-15(17)20-19-13(3)10-12(2)16(11-22-20)14(19)4/h6-10,12,14,16,19-20H,5,11H2,1-4H3/t12-,14+,16-,19+,20+/m1/s1. The van der Waals surface area contributed by atoms with Crippen LogP contribution in [0.4, 0.5) is 0 Å². The Morgan fingerprint density at radius 3 is 2.78 bits per heavy atom. The van der Waals surface area contributed by atoms with Crippen LogP contribution >= 0.6 is 0 Å². The molecule has 23 heavy (non-hydrogen) atoms. The first kappa shape index (κ1) is 16.3. The van der Waals surface area contributed by atoms with Crippen LogP contribution in [-0.4, -0.2) is 12.6 Å². The lowest BCUT2D eigenvalue weighted by molar-refractivity contribution is -0.134. The van der Waals surface area contributed by atoms with Crippen LogP contribution in [0, 0.1) is 23.7 Å². The van der Waals surface area contributed by atoms with Gasteiger partial charge in [0.05, 0.1) is 12.7 Å². The van der Waals surface area contributed by atoms with Gasteiger partial charge in [-0.25, -0.2) is 0 Å². The van der Waals surface area contributed by atoms with Gasteiger partial charge in [-0.3, -0.25) is 4.79 Å². The molecule has 1 fully saturated rings. The fourth-order valence-electron chi connectivity index (χ4n) is 4.23. The molecule has 0 spiro atoms. The van der Waals surface area contributed by atoms with E-state index in [0.29, 0.717) is 35.8 Å². The number of hydrogen-bond acceptors (Lipinski definition) is 3. The highest BCUT2D eigenvalue weighted by atomic mass is 16.5. The van der Waals surface area contributed by atoms with Crippen molar-refractivity contribution in [1.29, 1.82) is 0 Å². The number of hydrogen-bond donors (Lipinski definition) is 0. The first-order valence-corrected chi connectivity index (χ1v) is 8.62. The van der Waals surface area contributed by atoms with Crippen molar-refractivity contribution >= 4 is 5.97 Å². The van der Waals surface area contributed by atoms with Crippen LogP contribution < -0.4 is 4.74 Å². The van der Waals surface area contributed by atoms with E-state index in [0.717, 1.165) is 12.2 Å². The van der Waals surface area contributed by atoms with Gasteiger partial charge in [-0.1, -0.05) is 50.6 Å².